The van der Waals surface area contributed by atoms with Crippen LogP contribution in [0, 0.1) is 0 Å². The smallest absolute Gasteiger partial charge is 0.249 e. The number of benzene rings is 3. The lowest BCUT2D eigenvalue weighted by atomic mass is 10.1. The Labute approximate surface area is 193 Å². The molecule has 6 heteroatoms. The second-order valence-corrected chi connectivity index (χ2v) is 8.66. The molecule has 1 aliphatic heterocycles. The highest BCUT2D eigenvalue weighted by molar-refractivity contribution is 7.99. The van der Waals surface area contributed by atoms with Crippen molar-refractivity contribution in [3.8, 4) is 11.5 Å². The van der Waals surface area contributed by atoms with E-state index >= 15 is 0 Å². The Balaban J connectivity index is 1.41. The van der Waals surface area contributed by atoms with E-state index in [4.69, 9.17) is 14.2 Å². The third-order valence-electron chi connectivity index (χ3n) is 5.26. The molecule has 1 unspecified atom stereocenters. The van der Waals surface area contributed by atoms with Crippen molar-refractivity contribution in [3.05, 3.63) is 95.6 Å². The molecule has 0 aliphatic carbocycles. The Morgan fingerprint density at radius 3 is 2.31 bits per heavy atom. The van der Waals surface area contributed by atoms with E-state index < -0.39 is 0 Å². The molecule has 0 spiro atoms. The van der Waals surface area contributed by atoms with Crippen LogP contribution in [-0.2, 0) is 22.7 Å². The zero-order valence-corrected chi connectivity index (χ0v) is 18.9. The first-order chi connectivity index (χ1) is 15.7. The molecule has 0 bridgehead atoms. The highest BCUT2D eigenvalue weighted by Gasteiger charge is 2.31. The standard InChI is InChI=1S/C26H27NO4S/c1-29-23-13-12-22(16-24(23)31-18-21-10-6-3-7-11-21)26-27(14-15-32-26)25(28)19-30-17-20-8-4-2-5-9-20/h2-13,16,26H,14-15,17-19H2,1H3. The van der Waals surface area contributed by atoms with Gasteiger partial charge in [0.25, 0.3) is 0 Å². The van der Waals surface area contributed by atoms with Gasteiger partial charge in [0.2, 0.25) is 5.91 Å². The molecule has 0 aromatic heterocycles. The van der Waals surface area contributed by atoms with E-state index in [0.29, 0.717) is 31.3 Å². The summed E-state index contributed by atoms with van der Waals surface area (Å²) >= 11 is 1.75. The van der Waals surface area contributed by atoms with E-state index in [1.54, 1.807) is 18.9 Å². The molecule has 0 saturated carbocycles. The van der Waals surface area contributed by atoms with Gasteiger partial charge in [-0.1, -0.05) is 66.7 Å². The van der Waals surface area contributed by atoms with Crippen LogP contribution in [-0.4, -0.2) is 36.8 Å². The molecule has 3 aromatic rings. The molecular formula is C26H27NO4S. The minimum Gasteiger partial charge on any atom is -0.493 e. The quantitative estimate of drug-likeness (QED) is 0.457. The first-order valence-corrected chi connectivity index (χ1v) is 11.7. The number of carbonyl (C=O) groups excluding carboxylic acids is 1. The van der Waals surface area contributed by atoms with Gasteiger partial charge in [-0.3, -0.25) is 4.79 Å². The number of carbonyl (C=O) groups is 1. The maximum absolute atomic E-state index is 12.9. The Bertz CT molecular complexity index is 1010. The summed E-state index contributed by atoms with van der Waals surface area (Å²) in [5, 5.41) is -0.0622. The van der Waals surface area contributed by atoms with Crippen molar-refractivity contribution in [1.29, 1.82) is 0 Å². The summed E-state index contributed by atoms with van der Waals surface area (Å²) in [6.07, 6.45) is 0. The van der Waals surface area contributed by atoms with Gasteiger partial charge in [-0.15, -0.1) is 11.8 Å². The summed E-state index contributed by atoms with van der Waals surface area (Å²) in [7, 11) is 1.63. The molecule has 1 aliphatic rings. The number of nitrogens with zero attached hydrogens (tertiary/aromatic N) is 1. The minimum absolute atomic E-state index is 0.00139. The zero-order valence-electron chi connectivity index (χ0n) is 18.1. The Morgan fingerprint density at radius 1 is 0.938 bits per heavy atom. The van der Waals surface area contributed by atoms with E-state index in [2.05, 4.69) is 0 Å². The third-order valence-corrected chi connectivity index (χ3v) is 6.52. The number of amides is 1. The van der Waals surface area contributed by atoms with Gasteiger partial charge < -0.3 is 19.1 Å². The fourth-order valence-corrected chi connectivity index (χ4v) is 4.88. The summed E-state index contributed by atoms with van der Waals surface area (Å²) in [5.41, 5.74) is 3.17. The molecule has 0 radical (unpaired) electrons. The van der Waals surface area contributed by atoms with Crippen molar-refractivity contribution >= 4 is 17.7 Å². The maximum Gasteiger partial charge on any atom is 0.249 e. The average Bonchev–Trinajstić information content (AvgIpc) is 3.34. The van der Waals surface area contributed by atoms with Crippen LogP contribution in [0.1, 0.15) is 22.1 Å². The SMILES string of the molecule is COc1ccc(C2SCCN2C(=O)COCc2ccccc2)cc1OCc1ccccc1. The predicted octanol–water partition coefficient (Wildman–Crippen LogP) is 5.07. The van der Waals surface area contributed by atoms with Gasteiger partial charge >= 0.3 is 0 Å². The lowest BCUT2D eigenvalue weighted by Crippen LogP contribution is -2.33. The van der Waals surface area contributed by atoms with Crippen LogP contribution in [0.25, 0.3) is 0 Å². The highest BCUT2D eigenvalue weighted by atomic mass is 32.2. The minimum atomic E-state index is -0.0622. The van der Waals surface area contributed by atoms with Crippen molar-refractivity contribution in [1.82, 2.24) is 4.90 Å². The van der Waals surface area contributed by atoms with Crippen LogP contribution in [0.4, 0.5) is 0 Å². The van der Waals surface area contributed by atoms with Crippen molar-refractivity contribution in [2.75, 3.05) is 26.0 Å². The molecule has 5 nitrogen and oxygen atoms in total. The second kappa shape index (κ2) is 11.1. The summed E-state index contributed by atoms with van der Waals surface area (Å²) in [6, 6.07) is 25.8. The Kier molecular flexibility index (Phi) is 7.69. The summed E-state index contributed by atoms with van der Waals surface area (Å²) < 4.78 is 17.2. The number of thioether (sulfide) groups is 1. The normalized spacial score (nSPS) is 15.5. The van der Waals surface area contributed by atoms with E-state index in [1.165, 1.54) is 0 Å². The largest absolute Gasteiger partial charge is 0.493 e. The molecule has 4 rings (SSSR count). The van der Waals surface area contributed by atoms with Gasteiger partial charge in [-0.2, -0.15) is 0 Å². The summed E-state index contributed by atoms with van der Waals surface area (Å²) in [4.78, 5) is 14.8. The fraction of sp³-hybridized carbons (Fsp3) is 0.269. The van der Waals surface area contributed by atoms with Crippen molar-refractivity contribution < 1.29 is 19.0 Å². The zero-order chi connectivity index (χ0) is 22.2. The topological polar surface area (TPSA) is 48.0 Å². The summed E-state index contributed by atoms with van der Waals surface area (Å²) in [5.74, 6) is 2.24. The van der Waals surface area contributed by atoms with Crippen LogP contribution in [0.3, 0.4) is 0 Å². The van der Waals surface area contributed by atoms with Gasteiger partial charge in [0.1, 0.15) is 18.6 Å². The van der Waals surface area contributed by atoms with Gasteiger partial charge in [-0.05, 0) is 28.8 Å². The van der Waals surface area contributed by atoms with Crippen LogP contribution in [0.5, 0.6) is 11.5 Å². The van der Waals surface area contributed by atoms with Crippen LogP contribution >= 0.6 is 11.8 Å². The van der Waals surface area contributed by atoms with Crippen LogP contribution in [0.15, 0.2) is 78.9 Å². The van der Waals surface area contributed by atoms with Crippen molar-refractivity contribution in [3.63, 3.8) is 0 Å². The lowest BCUT2D eigenvalue weighted by Gasteiger charge is -2.25. The van der Waals surface area contributed by atoms with Gasteiger partial charge in [0, 0.05) is 12.3 Å². The Morgan fingerprint density at radius 2 is 1.62 bits per heavy atom. The lowest BCUT2D eigenvalue weighted by molar-refractivity contribution is -0.136. The highest BCUT2D eigenvalue weighted by Crippen LogP contribution is 2.41. The molecule has 1 fully saturated rings. The number of hydrogen-bond donors (Lipinski definition) is 0. The van der Waals surface area contributed by atoms with Crippen molar-refractivity contribution in [2.24, 2.45) is 0 Å². The number of ether oxygens (including phenoxy) is 3. The molecule has 166 valence electrons. The third kappa shape index (κ3) is 5.64. The molecule has 0 N–H and O–H groups in total. The molecule has 3 aromatic carbocycles. The molecule has 1 heterocycles. The van der Waals surface area contributed by atoms with Crippen LogP contribution in [0.2, 0.25) is 0 Å². The number of methoxy groups -OCH3 is 1. The maximum atomic E-state index is 12.9. The molecule has 1 saturated heterocycles. The fourth-order valence-electron chi connectivity index (χ4n) is 3.61. The molecule has 1 atom stereocenters. The van der Waals surface area contributed by atoms with Gasteiger partial charge in [0.05, 0.1) is 13.7 Å². The number of hydrogen-bond acceptors (Lipinski definition) is 5. The predicted molar refractivity (Wildman–Crippen MR) is 127 cm³/mol. The van der Waals surface area contributed by atoms with E-state index in [-0.39, 0.29) is 17.9 Å². The first-order valence-electron chi connectivity index (χ1n) is 10.6. The Hall–Kier alpha value is -2.96. The van der Waals surface area contributed by atoms with E-state index in [1.807, 2.05) is 83.8 Å². The molecular weight excluding hydrogens is 422 g/mol. The van der Waals surface area contributed by atoms with E-state index in [0.717, 1.165) is 22.4 Å². The molecule has 32 heavy (non-hydrogen) atoms. The summed E-state index contributed by atoms with van der Waals surface area (Å²) in [6.45, 7) is 1.65. The monoisotopic (exact) mass is 449 g/mol. The first kappa shape index (κ1) is 22.2. The molecule has 1 amide bonds. The van der Waals surface area contributed by atoms with Crippen molar-refractivity contribution in [2.45, 2.75) is 18.6 Å². The number of rotatable bonds is 9. The average molecular weight is 450 g/mol. The second-order valence-electron chi connectivity index (χ2n) is 7.47. The van der Waals surface area contributed by atoms with Gasteiger partial charge in [0.15, 0.2) is 11.5 Å². The van der Waals surface area contributed by atoms with E-state index in [9.17, 15) is 4.79 Å². The van der Waals surface area contributed by atoms with Gasteiger partial charge in [-0.25, -0.2) is 0 Å². The van der Waals surface area contributed by atoms with Crippen LogP contribution < -0.4 is 9.47 Å².